The zero-order chi connectivity index (χ0) is 12.9. The maximum absolute atomic E-state index is 11.8. The van der Waals surface area contributed by atoms with Crippen LogP contribution in [0.25, 0.3) is 0 Å². The SMILES string of the molecule is CCC(I)C(=O)OC1CC2CC1C1OC(=O)OC21. The number of fused-ring (bicyclic) bond motifs is 5. The molecular formula is C12H15IO5. The molecule has 0 aromatic rings. The lowest BCUT2D eigenvalue weighted by Gasteiger charge is -2.28. The van der Waals surface area contributed by atoms with Crippen molar-refractivity contribution >= 4 is 34.7 Å². The summed E-state index contributed by atoms with van der Waals surface area (Å²) in [5.41, 5.74) is 0. The maximum atomic E-state index is 11.8. The number of ether oxygens (including phenoxy) is 3. The van der Waals surface area contributed by atoms with E-state index in [0.29, 0.717) is 5.92 Å². The number of esters is 1. The Labute approximate surface area is 119 Å². The normalized spacial score (nSPS) is 42.1. The van der Waals surface area contributed by atoms with Crippen LogP contribution in [0.5, 0.6) is 0 Å². The summed E-state index contributed by atoms with van der Waals surface area (Å²) in [5, 5.41) is 0. The number of carbonyl (C=O) groups is 2. The third-order valence-electron chi connectivity index (χ3n) is 4.14. The average molecular weight is 366 g/mol. The predicted octanol–water partition coefficient (Wildman–Crippen LogP) is 2.06. The molecule has 0 N–H and O–H groups in total. The van der Waals surface area contributed by atoms with E-state index in [4.69, 9.17) is 14.2 Å². The van der Waals surface area contributed by atoms with Gasteiger partial charge in [0.2, 0.25) is 0 Å². The van der Waals surface area contributed by atoms with Gasteiger partial charge in [-0.25, -0.2) is 4.79 Å². The van der Waals surface area contributed by atoms with E-state index in [1.54, 1.807) is 0 Å². The van der Waals surface area contributed by atoms with Crippen LogP contribution in [-0.2, 0) is 19.0 Å². The van der Waals surface area contributed by atoms with Crippen LogP contribution in [0.1, 0.15) is 26.2 Å². The number of hydrogen-bond donors (Lipinski definition) is 0. The molecule has 1 heterocycles. The van der Waals surface area contributed by atoms with Crippen LogP contribution in [0.3, 0.4) is 0 Å². The van der Waals surface area contributed by atoms with Crippen molar-refractivity contribution < 1.29 is 23.8 Å². The number of rotatable bonds is 3. The molecule has 3 fully saturated rings. The number of halogens is 1. The third kappa shape index (κ3) is 1.88. The zero-order valence-electron chi connectivity index (χ0n) is 10.0. The van der Waals surface area contributed by atoms with Gasteiger partial charge in [0.1, 0.15) is 22.2 Å². The summed E-state index contributed by atoms with van der Waals surface area (Å²) in [4.78, 5) is 22.9. The monoisotopic (exact) mass is 366 g/mol. The second-order valence-electron chi connectivity index (χ2n) is 5.16. The molecule has 0 amide bonds. The van der Waals surface area contributed by atoms with Gasteiger partial charge in [-0.05, 0) is 19.3 Å². The molecule has 1 saturated heterocycles. The molecule has 1 aliphatic heterocycles. The van der Waals surface area contributed by atoms with Crippen molar-refractivity contribution in [3.8, 4) is 0 Å². The van der Waals surface area contributed by atoms with Gasteiger partial charge in [0.25, 0.3) is 0 Å². The lowest BCUT2D eigenvalue weighted by atomic mass is 9.92. The molecule has 18 heavy (non-hydrogen) atoms. The minimum Gasteiger partial charge on any atom is -0.461 e. The van der Waals surface area contributed by atoms with Crippen LogP contribution in [0.15, 0.2) is 0 Å². The highest BCUT2D eigenvalue weighted by molar-refractivity contribution is 14.1. The van der Waals surface area contributed by atoms with Gasteiger partial charge >= 0.3 is 12.1 Å². The van der Waals surface area contributed by atoms with Gasteiger partial charge < -0.3 is 14.2 Å². The standard InChI is InChI=1S/C12H15IO5/c1-2-7(13)11(14)16-8-4-5-3-6(8)10-9(5)17-12(15)18-10/h5-10H,2-4H2,1H3. The van der Waals surface area contributed by atoms with Gasteiger partial charge in [0.05, 0.1) is 0 Å². The lowest BCUT2D eigenvalue weighted by Crippen LogP contribution is -2.40. The van der Waals surface area contributed by atoms with Gasteiger partial charge in [-0.3, -0.25) is 4.79 Å². The molecule has 6 atom stereocenters. The second kappa shape index (κ2) is 4.54. The molecule has 0 spiro atoms. The van der Waals surface area contributed by atoms with Crippen molar-refractivity contribution in [2.24, 2.45) is 11.8 Å². The van der Waals surface area contributed by atoms with Gasteiger partial charge in [0, 0.05) is 11.8 Å². The molecule has 2 aliphatic carbocycles. The second-order valence-corrected chi connectivity index (χ2v) is 6.67. The Hall–Kier alpha value is -0.530. The summed E-state index contributed by atoms with van der Waals surface area (Å²) >= 11 is 2.10. The molecule has 2 saturated carbocycles. The predicted molar refractivity (Wildman–Crippen MR) is 69.3 cm³/mol. The van der Waals surface area contributed by atoms with Gasteiger partial charge in [-0.2, -0.15) is 0 Å². The molecular weight excluding hydrogens is 351 g/mol. The Kier molecular flexibility index (Phi) is 3.15. The molecule has 0 aromatic carbocycles. The van der Waals surface area contributed by atoms with Crippen LogP contribution in [0, 0.1) is 11.8 Å². The molecule has 6 heteroatoms. The smallest absolute Gasteiger partial charge is 0.461 e. The number of carbonyl (C=O) groups excluding carboxylic acids is 2. The zero-order valence-corrected chi connectivity index (χ0v) is 12.2. The van der Waals surface area contributed by atoms with Crippen molar-refractivity contribution in [2.75, 3.05) is 0 Å². The van der Waals surface area contributed by atoms with E-state index in [2.05, 4.69) is 22.6 Å². The van der Waals surface area contributed by atoms with E-state index >= 15 is 0 Å². The van der Waals surface area contributed by atoms with Gasteiger partial charge in [-0.15, -0.1) is 0 Å². The topological polar surface area (TPSA) is 61.8 Å². The Morgan fingerprint density at radius 3 is 2.89 bits per heavy atom. The first kappa shape index (κ1) is 12.5. The molecule has 5 nitrogen and oxygen atoms in total. The molecule has 2 bridgehead atoms. The summed E-state index contributed by atoms with van der Waals surface area (Å²) in [7, 11) is 0. The van der Waals surface area contributed by atoms with E-state index in [1.807, 2.05) is 6.92 Å². The summed E-state index contributed by atoms with van der Waals surface area (Å²) < 4.78 is 15.8. The first-order chi connectivity index (χ1) is 8.60. The highest BCUT2D eigenvalue weighted by Crippen LogP contribution is 2.51. The molecule has 3 rings (SSSR count). The average Bonchev–Trinajstić information content (AvgIpc) is 2.98. The quantitative estimate of drug-likeness (QED) is 0.435. The first-order valence-corrected chi connectivity index (χ1v) is 7.56. The minimum absolute atomic E-state index is 0.0973. The molecule has 100 valence electrons. The summed E-state index contributed by atoms with van der Waals surface area (Å²) in [5.74, 6) is 0.256. The summed E-state index contributed by atoms with van der Waals surface area (Å²) in [6.07, 6.45) is 1.49. The fourth-order valence-electron chi connectivity index (χ4n) is 3.29. The van der Waals surface area contributed by atoms with Crippen LogP contribution in [-0.4, -0.2) is 34.4 Å². The molecule has 0 aromatic heterocycles. The van der Waals surface area contributed by atoms with E-state index in [-0.39, 0.29) is 34.1 Å². The van der Waals surface area contributed by atoms with Crippen molar-refractivity contribution in [1.82, 2.24) is 0 Å². The largest absolute Gasteiger partial charge is 0.509 e. The highest BCUT2D eigenvalue weighted by atomic mass is 127. The Bertz CT molecular complexity index is 385. The lowest BCUT2D eigenvalue weighted by molar-refractivity contribution is -0.153. The van der Waals surface area contributed by atoms with Crippen LogP contribution < -0.4 is 0 Å². The van der Waals surface area contributed by atoms with Gasteiger partial charge in [-0.1, -0.05) is 29.5 Å². The van der Waals surface area contributed by atoms with Crippen LogP contribution >= 0.6 is 22.6 Å². The molecule has 3 aliphatic rings. The fraction of sp³-hybridized carbons (Fsp3) is 0.833. The number of hydrogen-bond acceptors (Lipinski definition) is 5. The summed E-state index contributed by atoms with van der Waals surface area (Å²) in [6, 6.07) is 0. The van der Waals surface area contributed by atoms with Crippen molar-refractivity contribution in [1.29, 1.82) is 0 Å². The van der Waals surface area contributed by atoms with E-state index < -0.39 is 6.16 Å². The van der Waals surface area contributed by atoms with Crippen molar-refractivity contribution in [3.63, 3.8) is 0 Å². The van der Waals surface area contributed by atoms with E-state index in [0.717, 1.165) is 19.3 Å². The Morgan fingerprint density at radius 1 is 1.44 bits per heavy atom. The first-order valence-electron chi connectivity index (χ1n) is 6.32. The minimum atomic E-state index is -0.577. The molecule has 0 radical (unpaired) electrons. The van der Waals surface area contributed by atoms with E-state index in [9.17, 15) is 9.59 Å². The third-order valence-corrected chi connectivity index (χ3v) is 5.53. The van der Waals surface area contributed by atoms with Gasteiger partial charge in [0.15, 0.2) is 0 Å². The highest BCUT2D eigenvalue weighted by Gasteiger charge is 2.61. The summed E-state index contributed by atoms with van der Waals surface area (Å²) in [6.45, 7) is 1.96. The Morgan fingerprint density at radius 2 is 2.17 bits per heavy atom. The van der Waals surface area contributed by atoms with Crippen LogP contribution in [0.4, 0.5) is 4.79 Å². The fourth-order valence-corrected chi connectivity index (χ4v) is 3.44. The Balaban J connectivity index is 1.64. The maximum Gasteiger partial charge on any atom is 0.509 e. The number of alkyl halides is 1. The van der Waals surface area contributed by atoms with E-state index in [1.165, 1.54) is 0 Å². The van der Waals surface area contributed by atoms with Crippen molar-refractivity contribution in [2.45, 2.75) is 48.4 Å². The molecule has 6 unspecified atom stereocenters. The van der Waals surface area contributed by atoms with Crippen molar-refractivity contribution in [3.05, 3.63) is 0 Å². The van der Waals surface area contributed by atoms with Crippen LogP contribution in [0.2, 0.25) is 0 Å².